The summed E-state index contributed by atoms with van der Waals surface area (Å²) in [5.74, 6) is 2.50. The van der Waals surface area contributed by atoms with E-state index in [0.29, 0.717) is 12.5 Å². The summed E-state index contributed by atoms with van der Waals surface area (Å²) in [5, 5.41) is 6.86. The Morgan fingerprint density at radius 3 is 2.71 bits per heavy atom. The van der Waals surface area contributed by atoms with Crippen LogP contribution in [0.4, 0.5) is 0 Å². The summed E-state index contributed by atoms with van der Waals surface area (Å²) in [6, 6.07) is 8.08. The number of benzene rings is 1. The van der Waals surface area contributed by atoms with E-state index in [0.717, 1.165) is 31.3 Å². The number of guanidine groups is 1. The molecule has 1 aliphatic rings. The zero-order chi connectivity index (χ0) is 17.2. The molecule has 0 amide bonds. The van der Waals surface area contributed by atoms with Crippen LogP contribution < -0.4 is 15.4 Å². The second-order valence-corrected chi connectivity index (χ2v) is 6.33. The van der Waals surface area contributed by atoms with E-state index in [1.54, 1.807) is 7.11 Å². The predicted molar refractivity (Wildman–Crippen MR) is 101 cm³/mol. The molecule has 0 aliphatic carbocycles. The third kappa shape index (κ3) is 6.04. The molecule has 1 unspecified atom stereocenters. The molecule has 1 aromatic carbocycles. The highest BCUT2D eigenvalue weighted by Crippen LogP contribution is 2.15. The molecule has 0 bridgehead atoms. The molecule has 0 radical (unpaired) electrons. The van der Waals surface area contributed by atoms with Crippen molar-refractivity contribution in [2.75, 3.05) is 39.8 Å². The predicted octanol–water partition coefficient (Wildman–Crippen LogP) is 2.48. The van der Waals surface area contributed by atoms with Gasteiger partial charge in [0, 0.05) is 19.6 Å². The fraction of sp³-hybridized carbons (Fsp3) is 0.632. The Morgan fingerprint density at radius 2 is 2.04 bits per heavy atom. The van der Waals surface area contributed by atoms with Crippen LogP contribution in [-0.2, 0) is 6.54 Å². The Hall–Kier alpha value is -1.75. The van der Waals surface area contributed by atoms with E-state index in [-0.39, 0.29) is 0 Å². The molecule has 1 heterocycles. The molecule has 1 saturated heterocycles. The summed E-state index contributed by atoms with van der Waals surface area (Å²) in [7, 11) is 1.69. The normalized spacial score (nSPS) is 19.1. The highest BCUT2D eigenvalue weighted by molar-refractivity contribution is 5.79. The molecule has 2 N–H and O–H groups in total. The smallest absolute Gasteiger partial charge is 0.191 e. The van der Waals surface area contributed by atoms with Gasteiger partial charge in [-0.05, 0) is 56.5 Å². The molecule has 5 nitrogen and oxygen atoms in total. The number of hydrogen-bond acceptors (Lipinski definition) is 3. The fourth-order valence-electron chi connectivity index (χ4n) is 3.09. The molecule has 134 valence electrons. The van der Waals surface area contributed by atoms with Crippen LogP contribution in [0.2, 0.25) is 0 Å². The van der Waals surface area contributed by atoms with Crippen molar-refractivity contribution in [2.24, 2.45) is 10.9 Å². The van der Waals surface area contributed by atoms with Gasteiger partial charge in [0.1, 0.15) is 5.75 Å². The molecule has 0 aromatic heterocycles. The molecule has 1 aliphatic heterocycles. The number of hydrogen-bond donors (Lipinski definition) is 2. The molecular formula is C19H32N4O. The van der Waals surface area contributed by atoms with Gasteiger partial charge in [0.15, 0.2) is 5.96 Å². The Labute approximate surface area is 146 Å². The minimum absolute atomic E-state index is 0.672. The average Bonchev–Trinajstić information content (AvgIpc) is 2.64. The average molecular weight is 332 g/mol. The second kappa shape index (κ2) is 10.2. The molecule has 5 heteroatoms. The van der Waals surface area contributed by atoms with Crippen LogP contribution in [0.25, 0.3) is 0 Å². The van der Waals surface area contributed by atoms with Gasteiger partial charge in [-0.1, -0.05) is 19.1 Å². The van der Waals surface area contributed by atoms with Crippen LogP contribution in [-0.4, -0.2) is 50.7 Å². The van der Waals surface area contributed by atoms with Crippen LogP contribution in [0.3, 0.4) is 0 Å². The number of likely N-dealkylation sites (tertiary alicyclic amines) is 1. The van der Waals surface area contributed by atoms with E-state index < -0.39 is 0 Å². The van der Waals surface area contributed by atoms with Crippen molar-refractivity contribution in [3.63, 3.8) is 0 Å². The summed E-state index contributed by atoms with van der Waals surface area (Å²) in [4.78, 5) is 7.24. The summed E-state index contributed by atoms with van der Waals surface area (Å²) >= 11 is 0. The van der Waals surface area contributed by atoms with Crippen molar-refractivity contribution >= 4 is 5.96 Å². The van der Waals surface area contributed by atoms with Gasteiger partial charge in [0.2, 0.25) is 0 Å². The van der Waals surface area contributed by atoms with E-state index in [1.807, 2.05) is 12.1 Å². The SMILES string of the molecule is CCNC(=NCc1ccc(OC)cc1)NCC1CCCN(CC)C1. The Bertz CT molecular complexity index is 501. The summed E-state index contributed by atoms with van der Waals surface area (Å²) in [6.45, 7) is 10.5. The zero-order valence-corrected chi connectivity index (χ0v) is 15.3. The lowest BCUT2D eigenvalue weighted by molar-refractivity contribution is 0.183. The zero-order valence-electron chi connectivity index (χ0n) is 15.3. The number of piperidine rings is 1. The lowest BCUT2D eigenvalue weighted by Crippen LogP contribution is -2.44. The molecule has 24 heavy (non-hydrogen) atoms. The van der Waals surface area contributed by atoms with Gasteiger partial charge >= 0.3 is 0 Å². The van der Waals surface area contributed by atoms with Crippen molar-refractivity contribution in [2.45, 2.75) is 33.2 Å². The first-order valence-electron chi connectivity index (χ1n) is 9.12. The first-order valence-corrected chi connectivity index (χ1v) is 9.12. The highest BCUT2D eigenvalue weighted by Gasteiger charge is 2.18. The molecule has 1 aromatic rings. The van der Waals surface area contributed by atoms with Gasteiger partial charge in [-0.2, -0.15) is 0 Å². The van der Waals surface area contributed by atoms with Gasteiger partial charge in [-0.25, -0.2) is 4.99 Å². The van der Waals surface area contributed by atoms with Crippen molar-refractivity contribution < 1.29 is 4.74 Å². The van der Waals surface area contributed by atoms with Crippen LogP contribution >= 0.6 is 0 Å². The van der Waals surface area contributed by atoms with Gasteiger partial charge in [0.25, 0.3) is 0 Å². The first-order chi connectivity index (χ1) is 11.7. The van der Waals surface area contributed by atoms with Gasteiger partial charge in [0.05, 0.1) is 13.7 Å². The van der Waals surface area contributed by atoms with E-state index >= 15 is 0 Å². The van der Waals surface area contributed by atoms with Crippen molar-refractivity contribution in [3.8, 4) is 5.75 Å². The topological polar surface area (TPSA) is 48.9 Å². The van der Waals surface area contributed by atoms with Crippen molar-refractivity contribution in [1.82, 2.24) is 15.5 Å². The maximum atomic E-state index is 5.19. The molecule has 0 spiro atoms. The number of methoxy groups -OCH3 is 1. The van der Waals surface area contributed by atoms with E-state index in [4.69, 9.17) is 9.73 Å². The molecular weight excluding hydrogens is 300 g/mol. The highest BCUT2D eigenvalue weighted by atomic mass is 16.5. The van der Waals surface area contributed by atoms with Crippen LogP contribution in [0.15, 0.2) is 29.3 Å². The Balaban J connectivity index is 1.85. The summed E-state index contributed by atoms with van der Waals surface area (Å²) in [6.07, 6.45) is 2.61. The van der Waals surface area contributed by atoms with E-state index in [9.17, 15) is 0 Å². The van der Waals surface area contributed by atoms with Crippen molar-refractivity contribution in [3.05, 3.63) is 29.8 Å². The maximum absolute atomic E-state index is 5.19. The molecule has 1 fully saturated rings. The maximum Gasteiger partial charge on any atom is 0.191 e. The fourth-order valence-corrected chi connectivity index (χ4v) is 3.09. The quantitative estimate of drug-likeness (QED) is 0.595. The number of nitrogens with zero attached hydrogens (tertiary/aromatic N) is 2. The number of nitrogens with one attached hydrogen (secondary N) is 2. The Kier molecular flexibility index (Phi) is 7.89. The number of ether oxygens (including phenoxy) is 1. The lowest BCUT2D eigenvalue weighted by Gasteiger charge is -2.32. The minimum atomic E-state index is 0.672. The molecule has 0 saturated carbocycles. The summed E-state index contributed by atoms with van der Waals surface area (Å²) < 4.78 is 5.19. The molecule has 1 atom stereocenters. The largest absolute Gasteiger partial charge is 0.497 e. The third-order valence-corrected chi connectivity index (χ3v) is 4.53. The lowest BCUT2D eigenvalue weighted by atomic mass is 9.98. The number of rotatable bonds is 7. The monoisotopic (exact) mass is 332 g/mol. The number of aliphatic imine (C=N–C) groups is 1. The van der Waals surface area contributed by atoms with Gasteiger partial charge in [-0.3, -0.25) is 0 Å². The first kappa shape index (κ1) is 18.6. The van der Waals surface area contributed by atoms with Gasteiger partial charge in [-0.15, -0.1) is 0 Å². The minimum Gasteiger partial charge on any atom is -0.497 e. The molecule has 2 rings (SSSR count). The van der Waals surface area contributed by atoms with E-state index in [2.05, 4.69) is 41.5 Å². The van der Waals surface area contributed by atoms with Crippen LogP contribution in [0.1, 0.15) is 32.3 Å². The van der Waals surface area contributed by atoms with Gasteiger partial charge < -0.3 is 20.3 Å². The van der Waals surface area contributed by atoms with Crippen LogP contribution in [0, 0.1) is 5.92 Å². The third-order valence-electron chi connectivity index (χ3n) is 4.53. The standard InChI is InChI=1S/C19H32N4O/c1-4-20-19(21-13-16-8-10-18(24-3)11-9-16)22-14-17-7-6-12-23(5-2)15-17/h8-11,17H,4-7,12-15H2,1-3H3,(H2,20,21,22). The van der Waals surface area contributed by atoms with Crippen LogP contribution in [0.5, 0.6) is 5.75 Å². The van der Waals surface area contributed by atoms with Crippen molar-refractivity contribution in [1.29, 1.82) is 0 Å². The Morgan fingerprint density at radius 1 is 1.25 bits per heavy atom. The van der Waals surface area contributed by atoms with E-state index in [1.165, 1.54) is 31.5 Å². The second-order valence-electron chi connectivity index (χ2n) is 6.33. The summed E-state index contributed by atoms with van der Waals surface area (Å²) in [5.41, 5.74) is 1.18.